The highest BCUT2D eigenvalue weighted by atomic mass is 16.6. The molecule has 4 rings (SSSR count). The van der Waals surface area contributed by atoms with Gasteiger partial charge in [0.2, 0.25) is 11.8 Å². The Bertz CT molecular complexity index is 1310. The Morgan fingerprint density at radius 1 is 1.14 bits per heavy atom. The van der Waals surface area contributed by atoms with Crippen molar-refractivity contribution in [3.63, 3.8) is 0 Å². The van der Waals surface area contributed by atoms with Crippen LogP contribution in [0.15, 0.2) is 42.7 Å². The van der Waals surface area contributed by atoms with Crippen LogP contribution in [0.25, 0.3) is 11.1 Å². The van der Waals surface area contributed by atoms with Crippen molar-refractivity contribution in [1.29, 1.82) is 0 Å². The molecule has 42 heavy (non-hydrogen) atoms. The van der Waals surface area contributed by atoms with E-state index in [1.807, 2.05) is 24.3 Å². The van der Waals surface area contributed by atoms with Gasteiger partial charge in [0.15, 0.2) is 0 Å². The molecule has 4 amide bonds. The average Bonchev–Trinajstić information content (AvgIpc) is 3.32. The highest BCUT2D eigenvalue weighted by molar-refractivity contribution is 5.95. The first-order valence-electron chi connectivity index (χ1n) is 14.1. The minimum atomic E-state index is -0.661. The minimum absolute atomic E-state index is 0.109. The molecule has 2 N–H and O–H groups in total. The summed E-state index contributed by atoms with van der Waals surface area (Å²) in [5.74, 6) is -0.256. The lowest BCUT2D eigenvalue weighted by molar-refractivity contribution is -0.141. The number of nitrogens with one attached hydrogen (secondary N) is 2. The van der Waals surface area contributed by atoms with Crippen molar-refractivity contribution >= 4 is 23.8 Å². The first-order valence-corrected chi connectivity index (χ1v) is 14.1. The summed E-state index contributed by atoms with van der Waals surface area (Å²) in [7, 11) is 3.55. The van der Waals surface area contributed by atoms with E-state index in [1.165, 1.54) is 11.1 Å². The monoisotopic (exact) mass is 580 g/mol. The molecule has 0 saturated carbocycles. The van der Waals surface area contributed by atoms with Gasteiger partial charge in [-0.15, -0.1) is 0 Å². The largest absolute Gasteiger partial charge is 0.491 e. The molecule has 1 aromatic carbocycles. The van der Waals surface area contributed by atoms with Crippen LogP contribution in [-0.2, 0) is 14.3 Å². The van der Waals surface area contributed by atoms with Crippen LogP contribution in [0.4, 0.5) is 4.79 Å². The fraction of sp³-hybridized carbons (Fsp3) is 0.500. The Balaban J connectivity index is 1.62. The van der Waals surface area contributed by atoms with Crippen molar-refractivity contribution in [2.24, 2.45) is 0 Å². The van der Waals surface area contributed by atoms with Crippen molar-refractivity contribution in [3.8, 4) is 16.9 Å². The van der Waals surface area contributed by atoms with E-state index in [0.29, 0.717) is 17.7 Å². The molecule has 226 valence electrons. The second-order valence-corrected chi connectivity index (χ2v) is 11.9. The summed E-state index contributed by atoms with van der Waals surface area (Å²) in [6.07, 6.45) is 3.06. The number of hydrogen-bond donors (Lipinski definition) is 2. The Morgan fingerprint density at radius 3 is 2.64 bits per heavy atom. The SMILES string of the molecule is CN(C)CC(=O)N1CCNC(=O)c2cncc(c2)-c2cccc(c2)OC[C@@H]2C[C@@H](NC(=O)OC(C)(C)C)CN2C(=O)C1. The zero-order chi connectivity index (χ0) is 30.4. The summed E-state index contributed by atoms with van der Waals surface area (Å²) in [4.78, 5) is 61.3. The number of likely N-dealkylation sites (N-methyl/N-ethyl adjacent to an activating group) is 1. The molecular weight excluding hydrogens is 540 g/mol. The van der Waals surface area contributed by atoms with Gasteiger partial charge in [-0.2, -0.15) is 0 Å². The Kier molecular flexibility index (Phi) is 9.66. The van der Waals surface area contributed by atoms with Crippen LogP contribution in [0.3, 0.4) is 0 Å². The molecular formula is C30H40N6O6. The van der Waals surface area contributed by atoms with Crippen molar-refractivity contribution in [2.45, 2.75) is 44.9 Å². The summed E-state index contributed by atoms with van der Waals surface area (Å²) in [6, 6.07) is 8.48. The van der Waals surface area contributed by atoms with Gasteiger partial charge in [-0.25, -0.2) is 4.79 Å². The number of ether oxygens (including phenoxy) is 2. The van der Waals surface area contributed by atoms with Gasteiger partial charge in [0.05, 0.1) is 30.7 Å². The van der Waals surface area contributed by atoms with E-state index in [-0.39, 0.29) is 69.1 Å². The number of nitrogens with zero attached hydrogens (tertiary/aromatic N) is 4. The standard InChI is InChI=1S/C30H40N6O6/c1-30(2,3)42-29(40)33-23-13-24-19-41-25-8-6-7-20(12-25)21-11-22(15-31-14-21)28(39)32-9-10-35(26(37)17-34(4)5)18-27(38)36(24)16-23/h6-8,11-12,14-15,23-24H,9-10,13,16-19H2,1-5H3,(H,32,39)(H,33,40)/t23-,24+/m1/s1. The lowest BCUT2D eigenvalue weighted by Crippen LogP contribution is -2.50. The molecule has 0 radical (unpaired) electrons. The van der Waals surface area contributed by atoms with Crippen molar-refractivity contribution in [1.82, 2.24) is 30.3 Å². The third-order valence-electron chi connectivity index (χ3n) is 6.86. The van der Waals surface area contributed by atoms with E-state index in [9.17, 15) is 19.2 Å². The minimum Gasteiger partial charge on any atom is -0.491 e. The van der Waals surface area contributed by atoms with Gasteiger partial charge < -0.3 is 34.8 Å². The number of aromatic nitrogens is 1. The van der Waals surface area contributed by atoms with Gasteiger partial charge in [-0.1, -0.05) is 12.1 Å². The molecule has 1 saturated heterocycles. The zero-order valence-corrected chi connectivity index (χ0v) is 24.9. The number of carbonyl (C=O) groups is 4. The van der Waals surface area contributed by atoms with Crippen LogP contribution in [0.1, 0.15) is 37.6 Å². The fourth-order valence-electron chi connectivity index (χ4n) is 4.96. The summed E-state index contributed by atoms with van der Waals surface area (Å²) in [5, 5.41) is 5.72. The molecule has 4 bridgehead atoms. The summed E-state index contributed by atoms with van der Waals surface area (Å²) in [5.41, 5.74) is 1.30. The van der Waals surface area contributed by atoms with Crippen molar-refractivity contribution in [3.05, 3.63) is 48.3 Å². The highest BCUT2D eigenvalue weighted by Gasteiger charge is 2.38. The van der Waals surface area contributed by atoms with Crippen LogP contribution in [-0.4, -0.2) is 115 Å². The van der Waals surface area contributed by atoms with Crippen LogP contribution in [0.5, 0.6) is 5.75 Å². The number of alkyl carbamates (subject to hydrolysis) is 1. The third-order valence-corrected chi connectivity index (χ3v) is 6.86. The quantitative estimate of drug-likeness (QED) is 0.561. The highest BCUT2D eigenvalue weighted by Crippen LogP contribution is 2.26. The van der Waals surface area contributed by atoms with E-state index in [2.05, 4.69) is 15.6 Å². The maximum absolute atomic E-state index is 13.7. The molecule has 2 atom stereocenters. The zero-order valence-electron chi connectivity index (χ0n) is 24.9. The van der Waals surface area contributed by atoms with Crippen molar-refractivity contribution in [2.75, 3.05) is 53.4 Å². The number of fused-ring (bicyclic) bond motifs is 6. The molecule has 1 fully saturated rings. The number of carbonyl (C=O) groups excluding carboxylic acids is 4. The van der Waals surface area contributed by atoms with E-state index in [4.69, 9.17) is 9.47 Å². The van der Waals surface area contributed by atoms with Gasteiger partial charge >= 0.3 is 6.09 Å². The number of pyridine rings is 1. The smallest absolute Gasteiger partial charge is 0.407 e. The third kappa shape index (κ3) is 8.41. The summed E-state index contributed by atoms with van der Waals surface area (Å²) >= 11 is 0. The van der Waals surface area contributed by atoms with Gasteiger partial charge in [0.1, 0.15) is 18.0 Å². The first-order chi connectivity index (χ1) is 19.9. The van der Waals surface area contributed by atoms with Crippen LogP contribution < -0.4 is 15.4 Å². The first kappa shape index (κ1) is 30.8. The molecule has 3 heterocycles. The summed E-state index contributed by atoms with van der Waals surface area (Å²) < 4.78 is 11.6. The molecule has 12 nitrogen and oxygen atoms in total. The number of benzene rings is 1. The van der Waals surface area contributed by atoms with Crippen molar-refractivity contribution < 1.29 is 28.7 Å². The molecule has 0 unspecified atom stereocenters. The van der Waals surface area contributed by atoms with E-state index < -0.39 is 11.7 Å². The molecule has 2 aliphatic heterocycles. The molecule has 0 spiro atoms. The molecule has 1 aromatic heterocycles. The van der Waals surface area contributed by atoms with Gasteiger partial charge in [-0.3, -0.25) is 19.4 Å². The molecule has 2 aromatic rings. The lowest BCUT2D eigenvalue weighted by atomic mass is 10.1. The van der Waals surface area contributed by atoms with E-state index in [1.54, 1.807) is 56.9 Å². The van der Waals surface area contributed by atoms with Gasteiger partial charge in [-0.05, 0) is 65.0 Å². The Labute approximate surface area is 246 Å². The predicted molar refractivity (Wildman–Crippen MR) is 156 cm³/mol. The predicted octanol–water partition coefficient (Wildman–Crippen LogP) is 1.76. The molecule has 2 aliphatic rings. The molecule has 12 heteroatoms. The average molecular weight is 581 g/mol. The number of rotatable bonds is 3. The van der Waals surface area contributed by atoms with E-state index in [0.717, 1.165) is 11.1 Å². The van der Waals surface area contributed by atoms with Gasteiger partial charge in [0.25, 0.3) is 5.91 Å². The number of amides is 4. The normalized spacial score (nSPS) is 19.9. The number of hydrogen-bond acceptors (Lipinski definition) is 8. The van der Waals surface area contributed by atoms with Gasteiger partial charge in [0, 0.05) is 37.6 Å². The maximum Gasteiger partial charge on any atom is 0.407 e. The maximum atomic E-state index is 13.7. The Hall–Kier alpha value is -4.19. The second-order valence-electron chi connectivity index (χ2n) is 11.9. The van der Waals surface area contributed by atoms with Crippen LogP contribution in [0, 0.1) is 0 Å². The van der Waals surface area contributed by atoms with Crippen LogP contribution in [0.2, 0.25) is 0 Å². The van der Waals surface area contributed by atoms with E-state index >= 15 is 0 Å². The second kappa shape index (κ2) is 13.2. The topological polar surface area (TPSA) is 133 Å². The molecule has 0 aliphatic carbocycles. The van der Waals surface area contributed by atoms with Crippen LogP contribution >= 0.6 is 0 Å². The summed E-state index contributed by atoms with van der Waals surface area (Å²) in [6.45, 7) is 6.02. The Morgan fingerprint density at radius 2 is 1.90 bits per heavy atom. The fourth-order valence-corrected chi connectivity index (χ4v) is 4.96. The lowest BCUT2D eigenvalue weighted by Gasteiger charge is -2.29.